The number of aryl methyl sites for hydroxylation is 1. The summed E-state index contributed by atoms with van der Waals surface area (Å²) in [7, 11) is -1.79. The van der Waals surface area contributed by atoms with Gasteiger partial charge in [-0.2, -0.15) is 13.4 Å². The largest absolute Gasteiger partial charge is 0.503 e. The van der Waals surface area contributed by atoms with Gasteiger partial charge in [0.15, 0.2) is 39.7 Å². The molecule has 0 radical (unpaired) electrons. The van der Waals surface area contributed by atoms with E-state index in [0.717, 1.165) is 5.56 Å². The van der Waals surface area contributed by atoms with Gasteiger partial charge in [-0.1, -0.05) is 18.2 Å². The van der Waals surface area contributed by atoms with Crippen LogP contribution in [-0.4, -0.2) is 57.9 Å². The van der Waals surface area contributed by atoms with Crippen molar-refractivity contribution < 1.29 is 37.9 Å². The summed E-state index contributed by atoms with van der Waals surface area (Å²) < 4.78 is 45.1. The van der Waals surface area contributed by atoms with E-state index >= 15 is 0 Å². The van der Waals surface area contributed by atoms with Crippen molar-refractivity contribution in [3.63, 3.8) is 0 Å². The number of nitrogens with zero attached hydrogens (tertiary/aromatic N) is 3. The predicted octanol–water partition coefficient (Wildman–Crippen LogP) is 2.26. The number of sulfonamides is 1. The summed E-state index contributed by atoms with van der Waals surface area (Å²) in [5, 5.41) is 30.1. The average Bonchev–Trinajstić information content (AvgIpc) is 2.89. The molecule has 0 aliphatic rings. The molecule has 3 heterocycles. The number of H-pyrrole nitrogens is 1. The second-order valence-corrected chi connectivity index (χ2v) is 9.27. The van der Waals surface area contributed by atoms with E-state index in [0.29, 0.717) is 0 Å². The van der Waals surface area contributed by atoms with Crippen LogP contribution in [0.5, 0.6) is 40.5 Å². The summed E-state index contributed by atoms with van der Waals surface area (Å²) >= 11 is 0. The molecule has 1 aromatic carbocycles. The second kappa shape index (κ2) is 10.1. The Morgan fingerprint density at radius 3 is 2.29 bits per heavy atom. The van der Waals surface area contributed by atoms with Gasteiger partial charge >= 0.3 is 0 Å². The minimum absolute atomic E-state index is 0.137. The number of rotatable bonds is 8. The maximum absolute atomic E-state index is 13.2. The number of ether oxygens (including phenoxy) is 3. The zero-order valence-corrected chi connectivity index (χ0v) is 20.9. The average molecular weight is 544 g/mol. The Bertz CT molecular complexity index is 1670. The fourth-order valence-electron chi connectivity index (χ4n) is 3.23. The fraction of sp³-hybridized carbons (Fsp3) is 0.130. The summed E-state index contributed by atoms with van der Waals surface area (Å²) in [4.78, 5) is 25.9. The third-order valence-electron chi connectivity index (χ3n) is 5.07. The molecule has 0 atom stereocenters. The van der Waals surface area contributed by atoms with Crippen LogP contribution in [0.4, 0.5) is 5.82 Å². The van der Waals surface area contributed by atoms with E-state index in [9.17, 15) is 28.5 Å². The van der Waals surface area contributed by atoms with Gasteiger partial charge in [-0.15, -0.1) is 0 Å². The van der Waals surface area contributed by atoms with E-state index in [4.69, 9.17) is 14.2 Å². The van der Waals surface area contributed by atoms with Crippen LogP contribution in [0.15, 0.2) is 52.4 Å². The Kier molecular flexibility index (Phi) is 6.94. The van der Waals surface area contributed by atoms with Gasteiger partial charge in [-0.05, 0) is 30.7 Å². The molecule has 14 nitrogen and oxygen atoms in total. The smallest absolute Gasteiger partial charge is 0.293 e. The van der Waals surface area contributed by atoms with Crippen molar-refractivity contribution in [1.82, 2.24) is 19.9 Å². The molecule has 0 bridgehead atoms. The molecule has 0 unspecified atom stereocenters. The molecule has 38 heavy (non-hydrogen) atoms. The third-order valence-corrected chi connectivity index (χ3v) is 6.32. The van der Waals surface area contributed by atoms with E-state index in [1.165, 1.54) is 38.6 Å². The number of hydrogen-bond donors (Lipinski definition) is 5. The Hall–Kier alpha value is -5.05. The molecular formula is C23H21N5O9S. The van der Waals surface area contributed by atoms with Crippen LogP contribution in [0, 0.1) is 6.92 Å². The molecule has 0 saturated carbocycles. The number of nitrogens with one attached hydrogen (secondary N) is 2. The standard InChI is InChI=1S/C23H21N5O9S/c1-11-8-9-14(24-10-11)38(33,34)28-20-18(37-13-7-5-4-6-12(13)35-2)23(36-3)26-19(25-20)15-16(29)21(31)27-22(32)17(15)30/h4-10,29-30H,1-3H3,(H,25,26,28)(H2,27,31,32). The molecule has 0 saturated heterocycles. The van der Waals surface area contributed by atoms with Gasteiger partial charge in [0, 0.05) is 6.20 Å². The minimum Gasteiger partial charge on any atom is -0.503 e. The summed E-state index contributed by atoms with van der Waals surface area (Å²) in [6.07, 6.45) is 1.35. The number of para-hydroxylation sites is 2. The lowest BCUT2D eigenvalue weighted by Crippen LogP contribution is -2.17. The number of benzene rings is 1. The number of anilines is 1. The van der Waals surface area contributed by atoms with Crippen molar-refractivity contribution in [1.29, 1.82) is 0 Å². The molecule has 0 fully saturated rings. The van der Waals surface area contributed by atoms with Crippen LogP contribution < -0.4 is 24.5 Å². The third kappa shape index (κ3) is 4.94. The van der Waals surface area contributed by atoms with Crippen LogP contribution in [0.1, 0.15) is 5.56 Å². The van der Waals surface area contributed by atoms with Gasteiger partial charge in [-0.25, -0.2) is 9.97 Å². The van der Waals surface area contributed by atoms with Gasteiger partial charge in [0.2, 0.25) is 11.6 Å². The first kappa shape index (κ1) is 26.0. The highest BCUT2D eigenvalue weighted by Crippen LogP contribution is 2.44. The van der Waals surface area contributed by atoms with Crippen LogP contribution in [0.2, 0.25) is 0 Å². The minimum atomic E-state index is -4.38. The van der Waals surface area contributed by atoms with E-state index in [-0.39, 0.29) is 28.2 Å². The Morgan fingerprint density at radius 1 is 0.947 bits per heavy atom. The monoisotopic (exact) mass is 543 g/mol. The van der Waals surface area contributed by atoms with Crippen molar-refractivity contribution in [3.8, 4) is 51.9 Å². The van der Waals surface area contributed by atoms with Gasteiger partial charge < -0.3 is 29.5 Å². The van der Waals surface area contributed by atoms with E-state index in [1.807, 2.05) is 4.98 Å². The quantitative estimate of drug-likeness (QED) is 0.217. The highest BCUT2D eigenvalue weighted by atomic mass is 32.2. The van der Waals surface area contributed by atoms with Gasteiger partial charge in [0.25, 0.3) is 21.5 Å². The molecule has 0 aliphatic heterocycles. The van der Waals surface area contributed by atoms with Crippen LogP contribution in [0.3, 0.4) is 0 Å². The molecule has 0 spiro atoms. The predicted molar refractivity (Wildman–Crippen MR) is 132 cm³/mol. The summed E-state index contributed by atoms with van der Waals surface area (Å²) in [5.74, 6) is -4.38. The Balaban J connectivity index is 1.96. The normalized spacial score (nSPS) is 11.1. The lowest BCUT2D eigenvalue weighted by molar-refractivity contribution is 0.347. The molecule has 4 rings (SSSR count). The number of pyridine rings is 2. The lowest BCUT2D eigenvalue weighted by atomic mass is 10.2. The molecular weight excluding hydrogens is 522 g/mol. The number of aromatic amines is 1. The van der Waals surface area contributed by atoms with Crippen molar-refractivity contribution in [2.24, 2.45) is 0 Å². The van der Waals surface area contributed by atoms with Crippen LogP contribution in [0.25, 0.3) is 11.4 Å². The van der Waals surface area contributed by atoms with E-state index in [2.05, 4.69) is 19.7 Å². The number of aromatic nitrogens is 4. The van der Waals surface area contributed by atoms with Crippen molar-refractivity contribution in [2.45, 2.75) is 11.9 Å². The number of aromatic hydroxyl groups is 3. The first-order chi connectivity index (χ1) is 18.1. The van der Waals surface area contributed by atoms with Crippen LogP contribution >= 0.6 is 0 Å². The molecule has 0 amide bonds. The van der Waals surface area contributed by atoms with Crippen molar-refractivity contribution in [2.75, 3.05) is 18.9 Å². The zero-order valence-electron chi connectivity index (χ0n) is 20.1. The Labute approximate surface area is 215 Å². The zero-order chi connectivity index (χ0) is 27.6. The maximum atomic E-state index is 13.2. The molecule has 3 aromatic heterocycles. The van der Waals surface area contributed by atoms with Crippen molar-refractivity contribution in [3.05, 3.63) is 58.5 Å². The van der Waals surface area contributed by atoms with Crippen LogP contribution in [-0.2, 0) is 10.0 Å². The lowest BCUT2D eigenvalue weighted by Gasteiger charge is -2.17. The molecule has 4 aromatic rings. The fourth-order valence-corrected chi connectivity index (χ4v) is 4.17. The van der Waals surface area contributed by atoms with Crippen molar-refractivity contribution >= 4 is 15.8 Å². The second-order valence-electron chi connectivity index (χ2n) is 7.64. The first-order valence-corrected chi connectivity index (χ1v) is 12.1. The number of methoxy groups -OCH3 is 2. The first-order valence-electron chi connectivity index (χ1n) is 10.7. The number of hydrogen-bond acceptors (Lipinski definition) is 12. The molecule has 15 heteroatoms. The van der Waals surface area contributed by atoms with E-state index < -0.39 is 50.2 Å². The van der Waals surface area contributed by atoms with Gasteiger partial charge in [-0.3, -0.25) is 14.5 Å². The van der Waals surface area contributed by atoms with Gasteiger partial charge in [0.1, 0.15) is 5.56 Å². The Morgan fingerprint density at radius 2 is 1.66 bits per heavy atom. The summed E-state index contributed by atoms with van der Waals surface area (Å²) in [6, 6.07) is 9.23. The highest BCUT2D eigenvalue weighted by molar-refractivity contribution is 7.92. The SMILES string of the molecule is COc1ccccc1Oc1c(NS(=O)(=O)c2ccc(C)cn2)nc(-c2c(O)c(O)[nH]c(=O)c2O)nc1OC. The molecule has 0 aliphatic carbocycles. The molecule has 5 N–H and O–H groups in total. The topological polar surface area (TPSA) is 206 Å². The summed E-state index contributed by atoms with van der Waals surface area (Å²) in [6.45, 7) is 1.73. The van der Waals surface area contributed by atoms with Gasteiger partial charge in [0.05, 0.1) is 14.2 Å². The van der Waals surface area contributed by atoms with E-state index in [1.54, 1.807) is 25.1 Å². The maximum Gasteiger partial charge on any atom is 0.293 e. The summed E-state index contributed by atoms with van der Waals surface area (Å²) in [5.41, 5.74) is -1.14. The molecule has 198 valence electrons. The highest BCUT2D eigenvalue weighted by Gasteiger charge is 2.28.